The molecular formula is C38H66N2. The van der Waals surface area contributed by atoms with Crippen molar-refractivity contribution in [3.8, 4) is 0 Å². The minimum atomic E-state index is 0.492. The smallest absolute Gasteiger partial charge is 0.0258 e. The van der Waals surface area contributed by atoms with Crippen LogP contribution in [0.25, 0.3) is 0 Å². The van der Waals surface area contributed by atoms with Gasteiger partial charge in [0.25, 0.3) is 0 Å². The molecule has 6 atom stereocenters. The van der Waals surface area contributed by atoms with Gasteiger partial charge in [0.2, 0.25) is 0 Å². The Morgan fingerprint density at radius 3 is 1.27 bits per heavy atom. The van der Waals surface area contributed by atoms with Gasteiger partial charge in [-0.1, -0.05) is 115 Å². The van der Waals surface area contributed by atoms with E-state index < -0.39 is 0 Å². The molecule has 0 aromatic carbocycles. The van der Waals surface area contributed by atoms with Crippen LogP contribution in [0.2, 0.25) is 0 Å². The second kappa shape index (κ2) is 19.5. The van der Waals surface area contributed by atoms with Gasteiger partial charge < -0.3 is 10.6 Å². The van der Waals surface area contributed by atoms with Crippen LogP contribution in [0.1, 0.15) is 109 Å². The molecule has 5 unspecified atom stereocenters. The molecule has 2 N–H and O–H groups in total. The number of nitrogens with one attached hydrogen (secondary N) is 2. The fraction of sp³-hybridized carbons (Fsp3) is 0.684. The molecule has 0 saturated carbocycles. The summed E-state index contributed by atoms with van der Waals surface area (Å²) in [5, 5.41) is 7.40. The lowest BCUT2D eigenvalue weighted by Gasteiger charge is -2.24. The van der Waals surface area contributed by atoms with Crippen LogP contribution in [0.3, 0.4) is 0 Å². The van der Waals surface area contributed by atoms with Gasteiger partial charge in [-0.25, -0.2) is 0 Å². The lowest BCUT2D eigenvalue weighted by molar-refractivity contribution is 0.452. The lowest BCUT2D eigenvalue weighted by atomic mass is 9.87. The van der Waals surface area contributed by atoms with E-state index in [1.54, 1.807) is 0 Å². The minimum Gasteiger partial charge on any atom is -0.310 e. The molecular weight excluding hydrogens is 484 g/mol. The second-order valence-corrected chi connectivity index (χ2v) is 14.1. The predicted molar refractivity (Wildman–Crippen MR) is 182 cm³/mol. The molecule has 0 amide bonds. The molecule has 0 bridgehead atoms. The maximum Gasteiger partial charge on any atom is 0.0258 e. The maximum absolute atomic E-state index is 3.70. The van der Waals surface area contributed by atoms with Crippen molar-refractivity contribution in [1.29, 1.82) is 0 Å². The molecule has 0 radical (unpaired) electrons. The molecule has 0 fully saturated rings. The first-order valence-electron chi connectivity index (χ1n) is 16.3. The average molecular weight is 551 g/mol. The summed E-state index contributed by atoms with van der Waals surface area (Å²) in [6.07, 6.45) is 23.8. The van der Waals surface area contributed by atoms with Crippen molar-refractivity contribution >= 4 is 0 Å². The third-order valence-corrected chi connectivity index (χ3v) is 7.68. The number of hydrogen-bond donors (Lipinski definition) is 2. The van der Waals surface area contributed by atoms with E-state index in [4.69, 9.17) is 0 Å². The summed E-state index contributed by atoms with van der Waals surface area (Å²) >= 11 is 0. The van der Waals surface area contributed by atoms with Gasteiger partial charge in [0.05, 0.1) is 0 Å². The van der Waals surface area contributed by atoms with Gasteiger partial charge in [0, 0.05) is 12.1 Å². The van der Waals surface area contributed by atoms with E-state index in [0.717, 1.165) is 13.1 Å². The molecule has 2 aliphatic carbocycles. The highest BCUT2D eigenvalue weighted by atomic mass is 14.9. The molecule has 2 heteroatoms. The number of allylic oxidation sites excluding steroid dienone is 10. The highest BCUT2D eigenvalue weighted by molar-refractivity contribution is 5.27. The molecule has 2 nitrogen and oxygen atoms in total. The van der Waals surface area contributed by atoms with Crippen molar-refractivity contribution in [2.24, 2.45) is 35.5 Å². The molecule has 0 spiro atoms. The zero-order valence-corrected chi connectivity index (χ0v) is 28.5. The zero-order valence-electron chi connectivity index (χ0n) is 28.5. The summed E-state index contributed by atoms with van der Waals surface area (Å²) in [7, 11) is 0. The Hall–Kier alpha value is -1.64. The van der Waals surface area contributed by atoms with Gasteiger partial charge in [-0.3, -0.25) is 0 Å². The van der Waals surface area contributed by atoms with Crippen LogP contribution in [0.5, 0.6) is 0 Å². The van der Waals surface area contributed by atoms with E-state index in [-0.39, 0.29) is 0 Å². The molecule has 0 aliphatic heterocycles. The molecule has 0 aromatic heterocycles. The van der Waals surface area contributed by atoms with Gasteiger partial charge in [-0.15, -0.1) is 0 Å². The Morgan fingerprint density at radius 1 is 0.675 bits per heavy atom. The summed E-state index contributed by atoms with van der Waals surface area (Å²) in [6.45, 7) is 29.3. The Kier molecular flexibility index (Phi) is 17.7. The van der Waals surface area contributed by atoms with Crippen LogP contribution in [-0.4, -0.2) is 25.2 Å². The van der Waals surface area contributed by atoms with Gasteiger partial charge in [0.1, 0.15) is 0 Å². The van der Waals surface area contributed by atoms with Crippen molar-refractivity contribution in [3.63, 3.8) is 0 Å². The van der Waals surface area contributed by atoms with Crippen LogP contribution >= 0.6 is 0 Å². The Balaban J connectivity index is 0.000000400. The summed E-state index contributed by atoms with van der Waals surface area (Å²) in [6, 6.07) is 0.983. The molecule has 0 heterocycles. The number of rotatable bonds is 14. The molecule has 2 aliphatic rings. The molecule has 2 rings (SSSR count). The SMILES string of the molecule is CC(C)=CC(CC(C)C1=CCC(C)C=C1)NCC(C)C.CC(C)=CC(C[C@H](C)C1=CCC(C)C=C1)NCC(C)C. The summed E-state index contributed by atoms with van der Waals surface area (Å²) in [5.41, 5.74) is 5.84. The number of hydrogen-bond acceptors (Lipinski definition) is 2. The molecule has 0 aromatic rings. The normalized spacial score (nSPS) is 21.6. The first-order chi connectivity index (χ1) is 18.8. The highest BCUT2D eigenvalue weighted by Gasteiger charge is 2.17. The molecule has 0 saturated heterocycles. The van der Waals surface area contributed by atoms with Crippen molar-refractivity contribution in [2.75, 3.05) is 13.1 Å². The third-order valence-electron chi connectivity index (χ3n) is 7.68. The first-order valence-corrected chi connectivity index (χ1v) is 16.3. The summed E-state index contributed by atoms with van der Waals surface area (Å²) in [5.74, 6) is 4.07. The molecule has 228 valence electrons. The van der Waals surface area contributed by atoms with Crippen molar-refractivity contribution < 1.29 is 0 Å². The van der Waals surface area contributed by atoms with E-state index in [0.29, 0.717) is 47.6 Å². The quantitative estimate of drug-likeness (QED) is 0.210. The average Bonchev–Trinajstić information content (AvgIpc) is 2.86. The van der Waals surface area contributed by atoms with Gasteiger partial charge in [-0.2, -0.15) is 0 Å². The van der Waals surface area contributed by atoms with Crippen LogP contribution in [-0.2, 0) is 0 Å². The largest absolute Gasteiger partial charge is 0.310 e. The maximum atomic E-state index is 3.70. The summed E-state index contributed by atoms with van der Waals surface area (Å²) < 4.78 is 0. The predicted octanol–water partition coefficient (Wildman–Crippen LogP) is 10.2. The Bertz CT molecular complexity index is 812. The van der Waals surface area contributed by atoms with Crippen molar-refractivity contribution in [2.45, 2.75) is 121 Å². The zero-order chi connectivity index (χ0) is 30.2. The highest BCUT2D eigenvalue weighted by Crippen LogP contribution is 2.26. The van der Waals surface area contributed by atoms with E-state index in [9.17, 15) is 0 Å². The van der Waals surface area contributed by atoms with Crippen molar-refractivity contribution in [1.82, 2.24) is 10.6 Å². The minimum absolute atomic E-state index is 0.492. The van der Waals surface area contributed by atoms with E-state index in [1.807, 2.05) is 0 Å². The lowest BCUT2D eigenvalue weighted by Crippen LogP contribution is -2.32. The van der Waals surface area contributed by atoms with Crippen molar-refractivity contribution in [3.05, 3.63) is 70.9 Å². The van der Waals surface area contributed by atoms with Crippen LogP contribution < -0.4 is 10.6 Å². The molecule has 40 heavy (non-hydrogen) atoms. The topological polar surface area (TPSA) is 24.1 Å². The van der Waals surface area contributed by atoms with Gasteiger partial charge in [-0.05, 0) is 113 Å². The standard InChI is InChI=1S/2C19H33N/c2*1-14(2)11-19(20-13-15(3)4)12-17(6)18-9-7-16(5)8-10-18/h2*7,9-11,15-17,19-20H,8,12-13H2,1-6H3/t16?,17-,19?;/m0./s1. The monoisotopic (exact) mass is 551 g/mol. The van der Waals surface area contributed by atoms with E-state index in [1.165, 1.54) is 48.0 Å². The summed E-state index contributed by atoms with van der Waals surface area (Å²) in [4.78, 5) is 0. The first kappa shape index (κ1) is 36.4. The van der Waals surface area contributed by atoms with Crippen LogP contribution in [0, 0.1) is 35.5 Å². The third kappa shape index (κ3) is 16.6. The second-order valence-electron chi connectivity index (χ2n) is 14.1. The van der Waals surface area contributed by atoms with E-state index in [2.05, 4.69) is 142 Å². The Morgan fingerprint density at radius 2 is 1.02 bits per heavy atom. The van der Waals surface area contributed by atoms with Gasteiger partial charge >= 0.3 is 0 Å². The van der Waals surface area contributed by atoms with Crippen LogP contribution in [0.4, 0.5) is 0 Å². The van der Waals surface area contributed by atoms with Crippen LogP contribution in [0.15, 0.2) is 70.9 Å². The van der Waals surface area contributed by atoms with Gasteiger partial charge in [0.15, 0.2) is 0 Å². The fourth-order valence-electron chi connectivity index (χ4n) is 5.25. The van der Waals surface area contributed by atoms with E-state index >= 15 is 0 Å². The fourth-order valence-corrected chi connectivity index (χ4v) is 5.25. The Labute approximate surface area is 250 Å².